The number of benzene rings is 1. The standard InChI is InChI=1S/C17H20BrFN2/c1-3-20-14-9-13(11-6-4-5-7-11)21-17-10(2)8-12(19)16(18)15(14)17/h8-9,11H,3-7H2,1-2H3,(H,20,21). The SMILES string of the molecule is CCNc1cc(C2CCCC2)nc2c(C)cc(F)c(Br)c12. The maximum absolute atomic E-state index is 14.0. The van der Waals surface area contributed by atoms with Crippen LogP contribution in [0.25, 0.3) is 10.9 Å². The minimum Gasteiger partial charge on any atom is -0.385 e. The number of pyridine rings is 1. The third-order valence-electron chi connectivity index (χ3n) is 4.33. The normalized spacial score (nSPS) is 15.8. The van der Waals surface area contributed by atoms with Gasteiger partial charge >= 0.3 is 0 Å². The molecule has 0 unspecified atom stereocenters. The van der Waals surface area contributed by atoms with E-state index < -0.39 is 0 Å². The van der Waals surface area contributed by atoms with Crippen LogP contribution in [0.2, 0.25) is 0 Å². The highest BCUT2D eigenvalue weighted by Crippen LogP contribution is 2.39. The molecular weight excluding hydrogens is 331 g/mol. The van der Waals surface area contributed by atoms with Crippen LogP contribution in [0.1, 0.15) is 49.8 Å². The van der Waals surface area contributed by atoms with E-state index >= 15 is 0 Å². The average Bonchev–Trinajstić information content (AvgIpc) is 2.99. The van der Waals surface area contributed by atoms with Gasteiger partial charge in [0.2, 0.25) is 0 Å². The molecule has 2 aromatic rings. The van der Waals surface area contributed by atoms with Gasteiger partial charge in [-0.2, -0.15) is 0 Å². The highest BCUT2D eigenvalue weighted by molar-refractivity contribution is 9.10. The number of fused-ring (bicyclic) bond motifs is 1. The number of halogens is 2. The molecule has 1 fully saturated rings. The molecule has 1 N–H and O–H groups in total. The molecule has 0 amide bonds. The molecule has 1 heterocycles. The predicted octanol–water partition coefficient (Wildman–Crippen LogP) is 5.53. The molecule has 0 atom stereocenters. The van der Waals surface area contributed by atoms with Crippen molar-refractivity contribution in [3.63, 3.8) is 0 Å². The van der Waals surface area contributed by atoms with Gasteiger partial charge in [-0.05, 0) is 60.3 Å². The van der Waals surface area contributed by atoms with Crippen molar-refractivity contribution >= 4 is 32.5 Å². The monoisotopic (exact) mass is 350 g/mol. The second-order valence-electron chi connectivity index (χ2n) is 5.82. The molecular formula is C17H20BrFN2. The fourth-order valence-corrected chi connectivity index (χ4v) is 3.79. The molecule has 1 aromatic heterocycles. The Labute approximate surface area is 133 Å². The molecule has 0 radical (unpaired) electrons. The summed E-state index contributed by atoms with van der Waals surface area (Å²) < 4.78 is 14.5. The van der Waals surface area contributed by atoms with E-state index in [2.05, 4.69) is 34.2 Å². The molecule has 3 rings (SSSR count). The largest absolute Gasteiger partial charge is 0.385 e. The summed E-state index contributed by atoms with van der Waals surface area (Å²) in [5, 5.41) is 4.23. The van der Waals surface area contributed by atoms with E-state index in [9.17, 15) is 4.39 Å². The maximum Gasteiger partial charge on any atom is 0.138 e. The smallest absolute Gasteiger partial charge is 0.138 e. The van der Waals surface area contributed by atoms with E-state index in [0.29, 0.717) is 10.4 Å². The summed E-state index contributed by atoms with van der Waals surface area (Å²) in [4.78, 5) is 4.86. The van der Waals surface area contributed by atoms with Crippen molar-refractivity contribution in [2.75, 3.05) is 11.9 Å². The van der Waals surface area contributed by atoms with Crippen LogP contribution in [-0.4, -0.2) is 11.5 Å². The van der Waals surface area contributed by atoms with Crippen molar-refractivity contribution in [2.24, 2.45) is 0 Å². The van der Waals surface area contributed by atoms with Crippen molar-refractivity contribution in [2.45, 2.75) is 45.4 Å². The zero-order valence-electron chi connectivity index (χ0n) is 12.5. The van der Waals surface area contributed by atoms with Gasteiger partial charge in [-0.1, -0.05) is 12.8 Å². The molecule has 21 heavy (non-hydrogen) atoms. The van der Waals surface area contributed by atoms with Gasteiger partial charge in [0.1, 0.15) is 5.82 Å². The maximum atomic E-state index is 14.0. The first-order valence-corrected chi connectivity index (χ1v) is 8.44. The van der Waals surface area contributed by atoms with Crippen LogP contribution in [0, 0.1) is 12.7 Å². The Morgan fingerprint density at radius 1 is 1.33 bits per heavy atom. The van der Waals surface area contributed by atoms with E-state index in [1.54, 1.807) is 6.07 Å². The second kappa shape index (κ2) is 5.91. The third-order valence-corrected chi connectivity index (χ3v) is 5.10. The van der Waals surface area contributed by atoms with E-state index in [1.807, 2.05) is 6.92 Å². The quantitative estimate of drug-likeness (QED) is 0.786. The van der Waals surface area contributed by atoms with Gasteiger partial charge in [-0.3, -0.25) is 4.98 Å². The summed E-state index contributed by atoms with van der Waals surface area (Å²) in [7, 11) is 0. The Morgan fingerprint density at radius 2 is 2.05 bits per heavy atom. The number of hydrogen-bond donors (Lipinski definition) is 1. The molecule has 1 aromatic carbocycles. The summed E-state index contributed by atoms with van der Waals surface area (Å²) in [6.07, 6.45) is 5.00. The van der Waals surface area contributed by atoms with Gasteiger partial charge in [-0.15, -0.1) is 0 Å². The highest BCUT2D eigenvalue weighted by Gasteiger charge is 2.21. The summed E-state index contributed by atoms with van der Waals surface area (Å²) in [5.41, 5.74) is 3.93. The zero-order chi connectivity index (χ0) is 15.0. The Balaban J connectivity index is 2.25. The number of nitrogens with one attached hydrogen (secondary N) is 1. The van der Waals surface area contributed by atoms with Crippen LogP contribution in [-0.2, 0) is 0 Å². The van der Waals surface area contributed by atoms with Gasteiger partial charge in [-0.25, -0.2) is 4.39 Å². The van der Waals surface area contributed by atoms with Gasteiger partial charge in [0, 0.05) is 29.2 Å². The second-order valence-corrected chi connectivity index (χ2v) is 6.61. The van der Waals surface area contributed by atoms with Crippen LogP contribution in [0.5, 0.6) is 0 Å². The predicted molar refractivity (Wildman–Crippen MR) is 89.5 cm³/mol. The molecule has 1 aliphatic rings. The summed E-state index contributed by atoms with van der Waals surface area (Å²) in [5.74, 6) is 0.324. The minimum absolute atomic E-state index is 0.227. The Morgan fingerprint density at radius 3 is 2.71 bits per heavy atom. The minimum atomic E-state index is -0.227. The lowest BCUT2D eigenvalue weighted by Gasteiger charge is -2.17. The number of aromatic nitrogens is 1. The van der Waals surface area contributed by atoms with Crippen molar-refractivity contribution in [1.29, 1.82) is 0 Å². The average molecular weight is 351 g/mol. The van der Waals surface area contributed by atoms with Gasteiger partial charge < -0.3 is 5.32 Å². The lowest BCUT2D eigenvalue weighted by Crippen LogP contribution is -2.04. The number of nitrogens with zero attached hydrogens (tertiary/aromatic N) is 1. The van der Waals surface area contributed by atoms with E-state index in [4.69, 9.17) is 4.98 Å². The first-order chi connectivity index (χ1) is 10.1. The van der Waals surface area contributed by atoms with Gasteiger partial charge in [0.25, 0.3) is 0 Å². The van der Waals surface area contributed by atoms with Crippen molar-refractivity contribution < 1.29 is 4.39 Å². The number of anilines is 1. The lowest BCUT2D eigenvalue weighted by atomic mass is 10.00. The van der Waals surface area contributed by atoms with Crippen molar-refractivity contribution in [1.82, 2.24) is 4.98 Å². The first-order valence-electron chi connectivity index (χ1n) is 7.65. The first kappa shape index (κ1) is 14.8. The van der Waals surface area contributed by atoms with Crippen LogP contribution in [0.4, 0.5) is 10.1 Å². The van der Waals surface area contributed by atoms with E-state index in [0.717, 1.165) is 34.4 Å². The fourth-order valence-electron chi connectivity index (χ4n) is 3.27. The number of rotatable bonds is 3. The van der Waals surface area contributed by atoms with Gasteiger partial charge in [0.15, 0.2) is 0 Å². The molecule has 112 valence electrons. The van der Waals surface area contributed by atoms with Crippen molar-refractivity contribution in [3.8, 4) is 0 Å². The van der Waals surface area contributed by atoms with Crippen molar-refractivity contribution in [3.05, 3.63) is 33.7 Å². The number of aryl methyl sites for hydroxylation is 1. The van der Waals surface area contributed by atoms with Crippen LogP contribution in [0.15, 0.2) is 16.6 Å². The van der Waals surface area contributed by atoms with Crippen LogP contribution < -0.4 is 5.32 Å². The topological polar surface area (TPSA) is 24.9 Å². The number of hydrogen-bond acceptors (Lipinski definition) is 2. The summed E-state index contributed by atoms with van der Waals surface area (Å²) in [6, 6.07) is 3.68. The molecule has 0 bridgehead atoms. The summed E-state index contributed by atoms with van der Waals surface area (Å²) >= 11 is 3.39. The lowest BCUT2D eigenvalue weighted by molar-refractivity contribution is 0.622. The molecule has 4 heteroatoms. The Hall–Kier alpha value is -1.16. The molecule has 1 aliphatic carbocycles. The molecule has 1 saturated carbocycles. The van der Waals surface area contributed by atoms with Gasteiger partial charge in [0.05, 0.1) is 9.99 Å². The zero-order valence-corrected chi connectivity index (χ0v) is 14.1. The Bertz CT molecular complexity index is 678. The Kier molecular flexibility index (Phi) is 4.16. The molecule has 2 nitrogen and oxygen atoms in total. The van der Waals surface area contributed by atoms with Crippen LogP contribution in [0.3, 0.4) is 0 Å². The third kappa shape index (κ3) is 2.66. The van der Waals surface area contributed by atoms with E-state index in [1.165, 1.54) is 25.7 Å². The van der Waals surface area contributed by atoms with E-state index in [-0.39, 0.29) is 5.82 Å². The highest BCUT2D eigenvalue weighted by atomic mass is 79.9. The molecule has 0 aliphatic heterocycles. The summed E-state index contributed by atoms with van der Waals surface area (Å²) in [6.45, 7) is 4.80. The van der Waals surface area contributed by atoms with Crippen LogP contribution >= 0.6 is 15.9 Å². The molecule has 0 spiro atoms. The molecule has 0 saturated heterocycles. The fraction of sp³-hybridized carbons (Fsp3) is 0.471.